The Labute approximate surface area is 181 Å². The Morgan fingerprint density at radius 1 is 1.13 bits per heavy atom. The van der Waals surface area contributed by atoms with Gasteiger partial charge < -0.3 is 14.4 Å². The van der Waals surface area contributed by atoms with Crippen molar-refractivity contribution in [1.29, 1.82) is 0 Å². The number of hydrogen-bond acceptors (Lipinski definition) is 7. The molecule has 0 spiro atoms. The van der Waals surface area contributed by atoms with E-state index in [-0.39, 0.29) is 17.3 Å². The Bertz CT molecular complexity index is 1090. The van der Waals surface area contributed by atoms with Crippen LogP contribution in [0.15, 0.2) is 47.1 Å². The van der Waals surface area contributed by atoms with Crippen LogP contribution in [0.25, 0.3) is 6.08 Å². The average molecular weight is 448 g/mol. The summed E-state index contributed by atoms with van der Waals surface area (Å²) in [7, 11) is 0. The minimum Gasteiger partial charge on any atom is -0.402 e. The van der Waals surface area contributed by atoms with Gasteiger partial charge >= 0.3 is 5.97 Å². The molecular weight excluding hydrogens is 433 g/mol. The number of nitro benzene ring substituents is 1. The molecule has 154 valence electrons. The predicted molar refractivity (Wildman–Crippen MR) is 113 cm³/mol. The first-order valence-electron chi connectivity index (χ1n) is 9.01. The Hall–Kier alpha value is -2.94. The molecule has 0 bridgehead atoms. The number of benzene rings is 2. The highest BCUT2D eigenvalue weighted by molar-refractivity contribution is 6.37. The molecule has 0 radical (unpaired) electrons. The predicted octanol–water partition coefficient (Wildman–Crippen LogP) is 4.08. The number of anilines is 1. The van der Waals surface area contributed by atoms with Gasteiger partial charge in [-0.1, -0.05) is 29.3 Å². The molecule has 2 aliphatic heterocycles. The Kier molecular flexibility index (Phi) is 5.72. The largest absolute Gasteiger partial charge is 0.402 e. The maximum absolute atomic E-state index is 12.2. The van der Waals surface area contributed by atoms with E-state index in [0.29, 0.717) is 53.2 Å². The summed E-state index contributed by atoms with van der Waals surface area (Å²) in [4.78, 5) is 29.5. The van der Waals surface area contributed by atoms with Crippen LogP contribution in [0.1, 0.15) is 11.1 Å². The van der Waals surface area contributed by atoms with E-state index < -0.39 is 10.9 Å². The monoisotopic (exact) mass is 447 g/mol. The molecule has 10 heteroatoms. The number of cyclic esters (lactones) is 1. The molecule has 2 heterocycles. The smallest absolute Gasteiger partial charge is 0.363 e. The third kappa shape index (κ3) is 4.16. The number of rotatable bonds is 4. The van der Waals surface area contributed by atoms with Gasteiger partial charge in [-0.2, -0.15) is 0 Å². The van der Waals surface area contributed by atoms with Gasteiger partial charge in [-0.15, -0.1) is 0 Å². The summed E-state index contributed by atoms with van der Waals surface area (Å²) in [6.07, 6.45) is 1.44. The van der Waals surface area contributed by atoms with Gasteiger partial charge in [-0.05, 0) is 35.9 Å². The fourth-order valence-electron chi connectivity index (χ4n) is 3.19. The zero-order valence-electron chi connectivity index (χ0n) is 15.5. The highest BCUT2D eigenvalue weighted by atomic mass is 35.5. The van der Waals surface area contributed by atoms with Crippen molar-refractivity contribution < 1.29 is 19.2 Å². The fourth-order valence-corrected chi connectivity index (χ4v) is 3.68. The highest BCUT2D eigenvalue weighted by Gasteiger charge is 2.27. The lowest BCUT2D eigenvalue weighted by Crippen LogP contribution is -2.36. The summed E-state index contributed by atoms with van der Waals surface area (Å²) >= 11 is 12.0. The van der Waals surface area contributed by atoms with Crippen molar-refractivity contribution >= 4 is 52.5 Å². The molecule has 0 aromatic heterocycles. The van der Waals surface area contributed by atoms with Crippen LogP contribution >= 0.6 is 23.2 Å². The number of hydrogen-bond donors (Lipinski definition) is 0. The summed E-state index contributed by atoms with van der Waals surface area (Å²) < 4.78 is 10.5. The van der Waals surface area contributed by atoms with Crippen molar-refractivity contribution in [2.24, 2.45) is 4.99 Å². The number of nitrogens with zero attached hydrogens (tertiary/aromatic N) is 3. The first kappa shape index (κ1) is 20.3. The van der Waals surface area contributed by atoms with Crippen molar-refractivity contribution in [3.8, 4) is 0 Å². The van der Waals surface area contributed by atoms with Gasteiger partial charge in [0.15, 0.2) is 5.70 Å². The quantitative estimate of drug-likeness (QED) is 0.303. The summed E-state index contributed by atoms with van der Waals surface area (Å²) in [5.41, 5.74) is 1.35. The van der Waals surface area contributed by atoms with Crippen molar-refractivity contribution in [1.82, 2.24) is 0 Å². The zero-order chi connectivity index (χ0) is 21.3. The Morgan fingerprint density at radius 2 is 1.90 bits per heavy atom. The molecule has 1 saturated heterocycles. The molecule has 2 aromatic carbocycles. The molecule has 0 saturated carbocycles. The molecule has 0 unspecified atom stereocenters. The van der Waals surface area contributed by atoms with Crippen molar-refractivity contribution in [2.45, 2.75) is 0 Å². The molecule has 0 amide bonds. The van der Waals surface area contributed by atoms with Gasteiger partial charge in [-0.3, -0.25) is 10.1 Å². The van der Waals surface area contributed by atoms with E-state index in [1.807, 2.05) is 4.90 Å². The number of nitro groups is 1. The van der Waals surface area contributed by atoms with Crippen LogP contribution in [0.3, 0.4) is 0 Å². The molecular formula is C20H15Cl2N3O5. The van der Waals surface area contributed by atoms with E-state index in [1.54, 1.807) is 24.3 Å². The summed E-state index contributed by atoms with van der Waals surface area (Å²) in [5.74, 6) is -0.622. The molecule has 2 aromatic rings. The molecule has 0 aliphatic carbocycles. The first-order chi connectivity index (χ1) is 14.4. The SMILES string of the molecule is O=C1OC(c2ccc(Cl)cc2Cl)=NC1=Cc1ccc(N2CCOCC2)c([N+](=O)[O-])c1. The summed E-state index contributed by atoms with van der Waals surface area (Å²) in [6.45, 7) is 2.17. The minimum absolute atomic E-state index is 0.0180. The lowest BCUT2D eigenvalue weighted by atomic mass is 10.1. The topological polar surface area (TPSA) is 94.3 Å². The molecule has 1 fully saturated rings. The molecule has 30 heavy (non-hydrogen) atoms. The van der Waals surface area contributed by atoms with E-state index in [4.69, 9.17) is 32.7 Å². The molecule has 0 N–H and O–H groups in total. The number of morpholine rings is 1. The van der Waals surface area contributed by atoms with Crippen LogP contribution in [0, 0.1) is 10.1 Å². The van der Waals surface area contributed by atoms with E-state index >= 15 is 0 Å². The standard InChI is InChI=1S/C20H15Cl2N3O5/c21-13-2-3-14(15(22)11-13)19-23-16(20(26)30-19)9-12-1-4-17(18(10-12)25(27)28)24-5-7-29-8-6-24/h1-4,9-11H,5-8H2. The second kappa shape index (κ2) is 8.43. The number of aliphatic imine (C=N–C) groups is 1. The van der Waals surface area contributed by atoms with Gasteiger partial charge in [0, 0.05) is 24.2 Å². The van der Waals surface area contributed by atoms with Crippen LogP contribution < -0.4 is 4.90 Å². The third-order valence-electron chi connectivity index (χ3n) is 4.63. The van der Waals surface area contributed by atoms with E-state index in [0.717, 1.165) is 0 Å². The van der Waals surface area contributed by atoms with E-state index in [1.165, 1.54) is 18.2 Å². The van der Waals surface area contributed by atoms with Crippen molar-refractivity contribution in [3.63, 3.8) is 0 Å². The maximum Gasteiger partial charge on any atom is 0.363 e. The number of halogens is 2. The average Bonchev–Trinajstić information content (AvgIpc) is 3.08. The molecule has 8 nitrogen and oxygen atoms in total. The Morgan fingerprint density at radius 3 is 2.60 bits per heavy atom. The van der Waals surface area contributed by atoms with Gasteiger partial charge in [0.1, 0.15) is 5.69 Å². The minimum atomic E-state index is -0.670. The zero-order valence-corrected chi connectivity index (χ0v) is 17.0. The van der Waals surface area contributed by atoms with Crippen LogP contribution in [0.5, 0.6) is 0 Å². The Balaban J connectivity index is 1.66. The van der Waals surface area contributed by atoms with Crippen molar-refractivity contribution in [3.05, 3.63) is 73.4 Å². The lowest BCUT2D eigenvalue weighted by Gasteiger charge is -2.28. The number of esters is 1. The van der Waals surface area contributed by atoms with Gasteiger partial charge in [-0.25, -0.2) is 9.79 Å². The lowest BCUT2D eigenvalue weighted by molar-refractivity contribution is -0.384. The van der Waals surface area contributed by atoms with Gasteiger partial charge in [0.05, 0.1) is 28.7 Å². The van der Waals surface area contributed by atoms with Crippen LogP contribution in [-0.2, 0) is 14.3 Å². The molecule has 4 rings (SSSR count). The number of carbonyl (C=O) groups is 1. The van der Waals surface area contributed by atoms with Crippen molar-refractivity contribution in [2.75, 3.05) is 31.2 Å². The van der Waals surface area contributed by atoms with Crippen LogP contribution in [0.2, 0.25) is 10.0 Å². The maximum atomic E-state index is 12.2. The van der Waals surface area contributed by atoms with Gasteiger partial charge in [0.25, 0.3) is 5.69 Å². The second-order valence-corrected chi connectivity index (χ2v) is 7.41. The fraction of sp³-hybridized carbons (Fsp3) is 0.200. The van der Waals surface area contributed by atoms with Crippen LogP contribution in [0.4, 0.5) is 11.4 Å². The molecule has 0 atom stereocenters. The highest BCUT2D eigenvalue weighted by Crippen LogP contribution is 2.32. The normalized spacial score (nSPS) is 17.8. The second-order valence-electron chi connectivity index (χ2n) is 6.56. The van der Waals surface area contributed by atoms with E-state index in [9.17, 15) is 14.9 Å². The molecule has 2 aliphatic rings. The van der Waals surface area contributed by atoms with E-state index in [2.05, 4.69) is 4.99 Å². The summed E-state index contributed by atoms with van der Waals surface area (Å²) in [6, 6.07) is 9.49. The van der Waals surface area contributed by atoms with Gasteiger partial charge in [0.2, 0.25) is 5.90 Å². The third-order valence-corrected chi connectivity index (χ3v) is 5.18. The summed E-state index contributed by atoms with van der Waals surface area (Å²) in [5, 5.41) is 12.3. The number of ether oxygens (including phenoxy) is 2. The first-order valence-corrected chi connectivity index (χ1v) is 9.77. The van der Waals surface area contributed by atoms with Crippen LogP contribution in [-0.4, -0.2) is 43.1 Å². The number of carbonyl (C=O) groups excluding carboxylic acids is 1.